The molecule has 88 valence electrons. The Bertz CT molecular complexity index is 206. The summed E-state index contributed by atoms with van der Waals surface area (Å²) in [5.74, 6) is 0. The summed E-state index contributed by atoms with van der Waals surface area (Å²) >= 11 is 0. The van der Waals surface area contributed by atoms with E-state index in [-0.39, 0.29) is 12.1 Å². The molecule has 0 spiro atoms. The highest BCUT2D eigenvalue weighted by Crippen LogP contribution is 2.23. The zero-order valence-corrected chi connectivity index (χ0v) is 9.41. The highest BCUT2D eigenvalue weighted by Gasteiger charge is 2.34. The largest absolute Gasteiger partial charge is 0.394 e. The maximum atomic E-state index is 9.30. The summed E-state index contributed by atoms with van der Waals surface area (Å²) in [7, 11) is 0. The molecular formula is C11H23N3O. The average molecular weight is 213 g/mol. The third-order valence-corrected chi connectivity index (χ3v) is 3.78. The maximum Gasteiger partial charge on any atom is 0.0623 e. The Balaban J connectivity index is 1.91. The summed E-state index contributed by atoms with van der Waals surface area (Å²) in [5, 5.41) is 12.7. The van der Waals surface area contributed by atoms with E-state index in [1.165, 1.54) is 12.8 Å². The molecule has 0 aromatic carbocycles. The second kappa shape index (κ2) is 4.78. The molecule has 0 bridgehead atoms. The molecule has 2 aliphatic rings. The Morgan fingerprint density at radius 1 is 1.40 bits per heavy atom. The highest BCUT2D eigenvalue weighted by molar-refractivity contribution is 4.93. The molecule has 0 aromatic heterocycles. The molecule has 4 heteroatoms. The van der Waals surface area contributed by atoms with Crippen LogP contribution in [0.2, 0.25) is 0 Å². The number of piperidine rings is 2. The first kappa shape index (κ1) is 11.3. The first-order valence-electron chi connectivity index (χ1n) is 6.08. The van der Waals surface area contributed by atoms with E-state index in [0.717, 1.165) is 39.0 Å². The number of hydrogen-bond acceptors (Lipinski definition) is 4. The standard InChI is InChI=1S/C11H23N3O/c12-11(9-15)4-1-7-14(8-11)10-2-5-13-6-3-10/h10,13,15H,1-9,12H2. The molecule has 0 amide bonds. The molecule has 0 aliphatic carbocycles. The Morgan fingerprint density at radius 3 is 2.80 bits per heavy atom. The fourth-order valence-electron chi connectivity index (χ4n) is 2.81. The minimum absolute atomic E-state index is 0.120. The van der Waals surface area contributed by atoms with Gasteiger partial charge in [0.1, 0.15) is 0 Å². The van der Waals surface area contributed by atoms with Crippen molar-refractivity contribution in [3.8, 4) is 0 Å². The molecule has 2 aliphatic heterocycles. The third-order valence-electron chi connectivity index (χ3n) is 3.78. The van der Waals surface area contributed by atoms with Crippen LogP contribution >= 0.6 is 0 Å². The van der Waals surface area contributed by atoms with Crippen molar-refractivity contribution in [1.29, 1.82) is 0 Å². The normalized spacial score (nSPS) is 35.6. The quantitative estimate of drug-likeness (QED) is 0.580. The van der Waals surface area contributed by atoms with Gasteiger partial charge in [0.2, 0.25) is 0 Å². The Labute approximate surface area is 91.8 Å². The number of likely N-dealkylation sites (tertiary alicyclic amines) is 1. The van der Waals surface area contributed by atoms with Gasteiger partial charge >= 0.3 is 0 Å². The number of nitrogens with zero attached hydrogens (tertiary/aromatic N) is 1. The van der Waals surface area contributed by atoms with Crippen molar-refractivity contribution >= 4 is 0 Å². The third kappa shape index (κ3) is 2.69. The minimum Gasteiger partial charge on any atom is -0.394 e. The predicted octanol–water partition coefficient (Wildman–Crippen LogP) is -0.476. The van der Waals surface area contributed by atoms with Crippen LogP contribution in [0.25, 0.3) is 0 Å². The lowest BCUT2D eigenvalue weighted by Crippen LogP contribution is -2.59. The number of hydrogen-bond donors (Lipinski definition) is 3. The van der Waals surface area contributed by atoms with Gasteiger partial charge in [-0.15, -0.1) is 0 Å². The molecule has 2 rings (SSSR count). The molecular weight excluding hydrogens is 190 g/mol. The van der Waals surface area contributed by atoms with Gasteiger partial charge in [-0.05, 0) is 45.3 Å². The molecule has 4 nitrogen and oxygen atoms in total. The molecule has 2 saturated heterocycles. The Morgan fingerprint density at radius 2 is 2.13 bits per heavy atom. The SMILES string of the molecule is NC1(CO)CCCN(C2CCNCC2)C1. The second-order valence-corrected chi connectivity index (χ2v) is 5.08. The van der Waals surface area contributed by atoms with Gasteiger partial charge in [-0.2, -0.15) is 0 Å². The van der Waals surface area contributed by atoms with Crippen LogP contribution in [-0.2, 0) is 0 Å². The van der Waals surface area contributed by atoms with Gasteiger partial charge in [-0.25, -0.2) is 0 Å². The van der Waals surface area contributed by atoms with Crippen molar-refractivity contribution < 1.29 is 5.11 Å². The second-order valence-electron chi connectivity index (χ2n) is 5.08. The monoisotopic (exact) mass is 213 g/mol. The van der Waals surface area contributed by atoms with E-state index in [4.69, 9.17) is 5.73 Å². The lowest BCUT2D eigenvalue weighted by Gasteiger charge is -2.44. The molecule has 0 saturated carbocycles. The Kier molecular flexibility index (Phi) is 3.61. The van der Waals surface area contributed by atoms with Crippen molar-refractivity contribution in [2.75, 3.05) is 32.8 Å². The van der Waals surface area contributed by atoms with Crippen molar-refractivity contribution in [3.05, 3.63) is 0 Å². The van der Waals surface area contributed by atoms with Gasteiger partial charge in [-0.1, -0.05) is 0 Å². The number of aliphatic hydroxyl groups is 1. The van der Waals surface area contributed by atoms with E-state index in [0.29, 0.717) is 6.04 Å². The summed E-state index contributed by atoms with van der Waals surface area (Å²) in [5.41, 5.74) is 5.80. The van der Waals surface area contributed by atoms with E-state index in [1.54, 1.807) is 0 Å². The number of aliphatic hydroxyl groups excluding tert-OH is 1. The molecule has 1 unspecified atom stereocenters. The fourth-order valence-corrected chi connectivity index (χ4v) is 2.81. The van der Waals surface area contributed by atoms with E-state index in [9.17, 15) is 5.11 Å². The molecule has 1 atom stereocenters. The van der Waals surface area contributed by atoms with Gasteiger partial charge in [0.05, 0.1) is 12.1 Å². The van der Waals surface area contributed by atoms with Crippen LogP contribution in [0.5, 0.6) is 0 Å². The Hall–Kier alpha value is -0.160. The van der Waals surface area contributed by atoms with Crippen LogP contribution in [0.15, 0.2) is 0 Å². The summed E-state index contributed by atoms with van der Waals surface area (Å²) in [6.45, 7) is 4.39. The molecule has 15 heavy (non-hydrogen) atoms. The number of nitrogens with two attached hydrogens (primary N) is 1. The number of nitrogens with one attached hydrogen (secondary N) is 1. The van der Waals surface area contributed by atoms with E-state index < -0.39 is 0 Å². The van der Waals surface area contributed by atoms with Gasteiger partial charge in [0, 0.05) is 12.6 Å². The zero-order chi connectivity index (χ0) is 10.7. The summed E-state index contributed by atoms with van der Waals surface area (Å²) < 4.78 is 0. The molecule has 2 fully saturated rings. The van der Waals surface area contributed by atoms with Crippen LogP contribution in [0.4, 0.5) is 0 Å². The lowest BCUT2D eigenvalue weighted by molar-refractivity contribution is 0.0564. The van der Waals surface area contributed by atoms with Gasteiger partial charge < -0.3 is 16.2 Å². The molecule has 2 heterocycles. The van der Waals surface area contributed by atoms with Crippen LogP contribution in [0.3, 0.4) is 0 Å². The van der Waals surface area contributed by atoms with Crippen LogP contribution < -0.4 is 11.1 Å². The minimum atomic E-state index is -0.344. The van der Waals surface area contributed by atoms with Crippen molar-refractivity contribution in [1.82, 2.24) is 10.2 Å². The zero-order valence-electron chi connectivity index (χ0n) is 9.41. The van der Waals surface area contributed by atoms with Crippen molar-refractivity contribution in [3.63, 3.8) is 0 Å². The van der Waals surface area contributed by atoms with E-state index >= 15 is 0 Å². The summed E-state index contributed by atoms with van der Waals surface area (Å²) in [6.07, 6.45) is 4.54. The smallest absolute Gasteiger partial charge is 0.0623 e. The van der Waals surface area contributed by atoms with Gasteiger partial charge in [0.25, 0.3) is 0 Å². The predicted molar refractivity (Wildman–Crippen MR) is 60.7 cm³/mol. The first-order chi connectivity index (χ1) is 7.23. The molecule has 0 radical (unpaired) electrons. The van der Waals surface area contributed by atoms with E-state index in [2.05, 4.69) is 10.2 Å². The first-order valence-corrected chi connectivity index (χ1v) is 6.08. The topological polar surface area (TPSA) is 61.5 Å². The van der Waals surface area contributed by atoms with Crippen LogP contribution in [-0.4, -0.2) is 54.4 Å². The van der Waals surface area contributed by atoms with E-state index in [1.807, 2.05) is 0 Å². The van der Waals surface area contributed by atoms with Crippen LogP contribution in [0.1, 0.15) is 25.7 Å². The van der Waals surface area contributed by atoms with Crippen molar-refractivity contribution in [2.24, 2.45) is 5.73 Å². The van der Waals surface area contributed by atoms with Crippen LogP contribution in [0, 0.1) is 0 Å². The molecule has 4 N–H and O–H groups in total. The van der Waals surface area contributed by atoms with Crippen molar-refractivity contribution in [2.45, 2.75) is 37.3 Å². The summed E-state index contributed by atoms with van der Waals surface area (Å²) in [4.78, 5) is 2.49. The number of rotatable bonds is 2. The fraction of sp³-hybridized carbons (Fsp3) is 1.00. The average Bonchev–Trinajstić information content (AvgIpc) is 2.30. The van der Waals surface area contributed by atoms with Gasteiger partial charge in [-0.3, -0.25) is 4.90 Å². The summed E-state index contributed by atoms with van der Waals surface area (Å²) in [6, 6.07) is 0.682. The highest BCUT2D eigenvalue weighted by atomic mass is 16.3. The van der Waals surface area contributed by atoms with Gasteiger partial charge in [0.15, 0.2) is 0 Å². The lowest BCUT2D eigenvalue weighted by atomic mass is 9.89. The molecule has 0 aromatic rings. The maximum absolute atomic E-state index is 9.30.